The summed E-state index contributed by atoms with van der Waals surface area (Å²) in [6.07, 6.45) is 5.98. The Morgan fingerprint density at radius 1 is 1.22 bits per heavy atom. The Balaban J connectivity index is 2.66. The second kappa shape index (κ2) is 7.13. The number of nitrogens with two attached hydrogens (primary N) is 1. The lowest BCUT2D eigenvalue weighted by Crippen LogP contribution is -2.46. The van der Waals surface area contributed by atoms with Crippen molar-refractivity contribution in [2.75, 3.05) is 6.54 Å². The van der Waals surface area contributed by atoms with Gasteiger partial charge < -0.3 is 10.6 Å². The molecule has 1 aliphatic rings. The molecule has 0 saturated heterocycles. The van der Waals surface area contributed by atoms with Gasteiger partial charge in [-0.15, -0.1) is 0 Å². The summed E-state index contributed by atoms with van der Waals surface area (Å²) in [6, 6.07) is 0.415. The van der Waals surface area contributed by atoms with Gasteiger partial charge >= 0.3 is 0 Å². The first-order valence-corrected chi connectivity index (χ1v) is 7.49. The van der Waals surface area contributed by atoms with Crippen LogP contribution in [0.5, 0.6) is 0 Å². The summed E-state index contributed by atoms with van der Waals surface area (Å²) in [4.78, 5) is 14.7. The number of nitrogens with zero attached hydrogens (tertiary/aromatic N) is 1. The average Bonchev–Trinajstić information content (AvgIpc) is 2.81. The molecular formula is C15H30N2O. The molecule has 106 valence electrons. The van der Waals surface area contributed by atoms with Crippen LogP contribution >= 0.6 is 0 Å². The van der Waals surface area contributed by atoms with Crippen LogP contribution in [0.2, 0.25) is 0 Å². The molecule has 0 aromatic heterocycles. The van der Waals surface area contributed by atoms with E-state index in [0.29, 0.717) is 12.0 Å². The van der Waals surface area contributed by atoms with Gasteiger partial charge in [0.1, 0.15) is 0 Å². The minimum atomic E-state index is -0.0576. The second-order valence-electron chi connectivity index (χ2n) is 6.30. The Labute approximate surface area is 112 Å². The fraction of sp³-hybridized carbons (Fsp3) is 0.933. The van der Waals surface area contributed by atoms with E-state index in [9.17, 15) is 4.79 Å². The highest BCUT2D eigenvalue weighted by molar-refractivity contribution is 5.79. The van der Waals surface area contributed by atoms with Crippen molar-refractivity contribution in [2.45, 2.75) is 71.9 Å². The summed E-state index contributed by atoms with van der Waals surface area (Å²) in [6.45, 7) is 9.22. The number of amides is 1. The molecule has 0 aromatic carbocycles. The molecule has 3 heteroatoms. The highest BCUT2D eigenvalue weighted by Gasteiger charge is 2.30. The van der Waals surface area contributed by atoms with Crippen molar-refractivity contribution < 1.29 is 4.79 Å². The van der Waals surface area contributed by atoms with Crippen LogP contribution in [0.15, 0.2) is 0 Å². The second-order valence-corrected chi connectivity index (χ2v) is 6.30. The van der Waals surface area contributed by atoms with Gasteiger partial charge in [0.05, 0.1) is 5.92 Å². The third kappa shape index (κ3) is 4.27. The molecular weight excluding hydrogens is 224 g/mol. The Hall–Kier alpha value is -0.570. The molecule has 1 aliphatic carbocycles. The molecule has 0 heterocycles. The van der Waals surface area contributed by atoms with E-state index in [2.05, 4.69) is 18.7 Å². The molecule has 0 aromatic rings. The van der Waals surface area contributed by atoms with Crippen LogP contribution in [0.4, 0.5) is 0 Å². The van der Waals surface area contributed by atoms with Gasteiger partial charge in [0.25, 0.3) is 0 Å². The fourth-order valence-corrected chi connectivity index (χ4v) is 2.57. The van der Waals surface area contributed by atoms with Crippen molar-refractivity contribution in [1.82, 2.24) is 4.90 Å². The SMILES string of the molecule is CC(C)CCN(C(=O)C(C)C(C)N)C1CCCC1. The van der Waals surface area contributed by atoms with Crippen molar-refractivity contribution in [3.8, 4) is 0 Å². The zero-order chi connectivity index (χ0) is 13.7. The van der Waals surface area contributed by atoms with E-state index in [0.717, 1.165) is 13.0 Å². The number of rotatable bonds is 6. The smallest absolute Gasteiger partial charge is 0.227 e. The van der Waals surface area contributed by atoms with Crippen LogP contribution in [0.1, 0.15) is 59.8 Å². The average molecular weight is 254 g/mol. The molecule has 1 saturated carbocycles. The Morgan fingerprint density at radius 3 is 2.22 bits per heavy atom. The lowest BCUT2D eigenvalue weighted by atomic mass is 10.0. The van der Waals surface area contributed by atoms with Crippen LogP contribution in [-0.4, -0.2) is 29.4 Å². The normalized spacial score (nSPS) is 20.1. The summed E-state index contributed by atoms with van der Waals surface area (Å²) in [5, 5.41) is 0. The van der Waals surface area contributed by atoms with E-state index >= 15 is 0 Å². The maximum Gasteiger partial charge on any atom is 0.227 e. The van der Waals surface area contributed by atoms with Crippen molar-refractivity contribution in [2.24, 2.45) is 17.6 Å². The highest BCUT2D eigenvalue weighted by atomic mass is 16.2. The fourth-order valence-electron chi connectivity index (χ4n) is 2.57. The Morgan fingerprint density at radius 2 is 1.78 bits per heavy atom. The molecule has 0 bridgehead atoms. The first kappa shape index (κ1) is 15.5. The maximum absolute atomic E-state index is 12.5. The first-order valence-electron chi connectivity index (χ1n) is 7.49. The third-order valence-corrected chi connectivity index (χ3v) is 4.17. The van der Waals surface area contributed by atoms with Crippen molar-refractivity contribution >= 4 is 5.91 Å². The standard InChI is InChI=1S/C15H30N2O/c1-11(2)9-10-17(14-7-5-6-8-14)15(18)12(3)13(4)16/h11-14H,5-10,16H2,1-4H3. The number of hydrogen-bond acceptors (Lipinski definition) is 2. The molecule has 0 aliphatic heterocycles. The first-order chi connectivity index (χ1) is 8.43. The molecule has 1 fully saturated rings. The van der Waals surface area contributed by atoms with Crippen LogP contribution in [0.3, 0.4) is 0 Å². The summed E-state index contributed by atoms with van der Waals surface area (Å²) in [5.74, 6) is 0.850. The van der Waals surface area contributed by atoms with Crippen LogP contribution in [0, 0.1) is 11.8 Å². The summed E-state index contributed by atoms with van der Waals surface area (Å²) >= 11 is 0. The van der Waals surface area contributed by atoms with E-state index in [-0.39, 0.29) is 17.9 Å². The van der Waals surface area contributed by atoms with E-state index in [4.69, 9.17) is 5.73 Å². The summed E-state index contributed by atoms with van der Waals surface area (Å²) < 4.78 is 0. The van der Waals surface area contributed by atoms with Gasteiger partial charge in [-0.3, -0.25) is 4.79 Å². The van der Waals surface area contributed by atoms with Gasteiger partial charge in [0.2, 0.25) is 5.91 Å². The molecule has 3 nitrogen and oxygen atoms in total. The van der Waals surface area contributed by atoms with Crippen LogP contribution in [0.25, 0.3) is 0 Å². The molecule has 1 amide bonds. The van der Waals surface area contributed by atoms with Crippen molar-refractivity contribution in [3.63, 3.8) is 0 Å². The number of hydrogen-bond donors (Lipinski definition) is 1. The molecule has 18 heavy (non-hydrogen) atoms. The van der Waals surface area contributed by atoms with Gasteiger partial charge in [-0.05, 0) is 32.1 Å². The maximum atomic E-state index is 12.5. The predicted molar refractivity (Wildman–Crippen MR) is 76.2 cm³/mol. The molecule has 1 rings (SSSR count). The number of carbonyl (C=O) groups is 1. The molecule has 0 radical (unpaired) electrons. The topological polar surface area (TPSA) is 46.3 Å². The van der Waals surface area contributed by atoms with Crippen molar-refractivity contribution in [1.29, 1.82) is 0 Å². The Kier molecular flexibility index (Phi) is 6.13. The lowest BCUT2D eigenvalue weighted by Gasteiger charge is -2.33. The molecule has 0 spiro atoms. The van der Waals surface area contributed by atoms with Gasteiger partial charge in [-0.25, -0.2) is 0 Å². The molecule has 2 unspecified atom stereocenters. The van der Waals surface area contributed by atoms with Gasteiger partial charge in [-0.2, -0.15) is 0 Å². The van der Waals surface area contributed by atoms with Crippen molar-refractivity contribution in [3.05, 3.63) is 0 Å². The van der Waals surface area contributed by atoms with Gasteiger partial charge in [-0.1, -0.05) is 33.6 Å². The van der Waals surface area contributed by atoms with Gasteiger partial charge in [0.15, 0.2) is 0 Å². The minimum Gasteiger partial charge on any atom is -0.339 e. The highest BCUT2D eigenvalue weighted by Crippen LogP contribution is 2.26. The van der Waals surface area contributed by atoms with Crippen LogP contribution in [-0.2, 0) is 4.79 Å². The Bertz CT molecular complexity index is 257. The largest absolute Gasteiger partial charge is 0.339 e. The zero-order valence-corrected chi connectivity index (χ0v) is 12.5. The van der Waals surface area contributed by atoms with E-state index < -0.39 is 0 Å². The zero-order valence-electron chi connectivity index (χ0n) is 12.5. The van der Waals surface area contributed by atoms with E-state index in [1.165, 1.54) is 25.7 Å². The molecule has 2 N–H and O–H groups in total. The van der Waals surface area contributed by atoms with Gasteiger partial charge in [0, 0.05) is 18.6 Å². The summed E-state index contributed by atoms with van der Waals surface area (Å²) in [7, 11) is 0. The van der Waals surface area contributed by atoms with Crippen LogP contribution < -0.4 is 5.73 Å². The van der Waals surface area contributed by atoms with E-state index in [1.54, 1.807) is 0 Å². The quantitative estimate of drug-likeness (QED) is 0.792. The predicted octanol–water partition coefficient (Wildman–Crippen LogP) is 2.79. The monoisotopic (exact) mass is 254 g/mol. The summed E-state index contributed by atoms with van der Waals surface area (Å²) in [5.41, 5.74) is 5.88. The third-order valence-electron chi connectivity index (χ3n) is 4.17. The van der Waals surface area contributed by atoms with E-state index in [1.807, 2.05) is 13.8 Å². The lowest BCUT2D eigenvalue weighted by molar-refractivity contribution is -0.138. The number of carbonyl (C=O) groups excluding carboxylic acids is 1. The minimum absolute atomic E-state index is 0.0551. The molecule has 2 atom stereocenters.